The number of nitrogens with zero attached hydrogens (tertiary/aromatic N) is 1. The summed E-state index contributed by atoms with van der Waals surface area (Å²) in [5.41, 5.74) is 3.43. The van der Waals surface area contributed by atoms with Crippen LogP contribution in [0.4, 0.5) is 0 Å². The SMILES string of the molecule is OCCCc1cc(-c2cccc(C3CC3)c2)no1. The first-order valence-corrected chi connectivity index (χ1v) is 6.53. The summed E-state index contributed by atoms with van der Waals surface area (Å²) in [4.78, 5) is 0. The second-order valence-corrected chi connectivity index (χ2v) is 4.91. The predicted molar refractivity (Wildman–Crippen MR) is 69.3 cm³/mol. The molecule has 0 spiro atoms. The molecule has 1 fully saturated rings. The highest BCUT2D eigenvalue weighted by atomic mass is 16.5. The lowest BCUT2D eigenvalue weighted by Gasteiger charge is -2.00. The van der Waals surface area contributed by atoms with Gasteiger partial charge in [0.1, 0.15) is 11.5 Å². The summed E-state index contributed by atoms with van der Waals surface area (Å²) < 4.78 is 5.28. The number of hydrogen-bond donors (Lipinski definition) is 1. The third kappa shape index (κ3) is 2.46. The monoisotopic (exact) mass is 243 g/mol. The van der Waals surface area contributed by atoms with Crippen molar-refractivity contribution >= 4 is 0 Å². The van der Waals surface area contributed by atoms with Crippen molar-refractivity contribution in [1.82, 2.24) is 5.16 Å². The van der Waals surface area contributed by atoms with E-state index in [9.17, 15) is 0 Å². The quantitative estimate of drug-likeness (QED) is 0.877. The van der Waals surface area contributed by atoms with Gasteiger partial charge in [0.15, 0.2) is 0 Å². The summed E-state index contributed by atoms with van der Waals surface area (Å²) in [6.45, 7) is 0.188. The van der Waals surface area contributed by atoms with Crippen molar-refractivity contribution in [3.63, 3.8) is 0 Å². The molecule has 3 rings (SSSR count). The minimum Gasteiger partial charge on any atom is -0.396 e. The van der Waals surface area contributed by atoms with E-state index in [1.165, 1.54) is 18.4 Å². The fraction of sp³-hybridized carbons (Fsp3) is 0.400. The zero-order chi connectivity index (χ0) is 12.4. The molecule has 0 radical (unpaired) electrons. The average Bonchev–Trinajstić information content (AvgIpc) is 3.16. The molecule has 0 bridgehead atoms. The predicted octanol–water partition coefficient (Wildman–Crippen LogP) is 3.14. The Morgan fingerprint density at radius 2 is 2.17 bits per heavy atom. The lowest BCUT2D eigenvalue weighted by molar-refractivity contribution is 0.280. The highest BCUT2D eigenvalue weighted by molar-refractivity contribution is 5.60. The van der Waals surface area contributed by atoms with Gasteiger partial charge >= 0.3 is 0 Å². The Balaban J connectivity index is 1.80. The van der Waals surface area contributed by atoms with E-state index >= 15 is 0 Å². The molecule has 18 heavy (non-hydrogen) atoms. The van der Waals surface area contributed by atoms with Gasteiger partial charge in [-0.1, -0.05) is 23.4 Å². The van der Waals surface area contributed by atoms with Crippen molar-refractivity contribution in [2.75, 3.05) is 6.61 Å². The van der Waals surface area contributed by atoms with Crippen LogP contribution < -0.4 is 0 Å². The molecule has 0 unspecified atom stereocenters. The second-order valence-electron chi connectivity index (χ2n) is 4.91. The molecule has 0 saturated heterocycles. The molecular formula is C15H17NO2. The first-order valence-electron chi connectivity index (χ1n) is 6.53. The van der Waals surface area contributed by atoms with Crippen molar-refractivity contribution in [3.8, 4) is 11.3 Å². The van der Waals surface area contributed by atoms with Crippen molar-refractivity contribution in [3.05, 3.63) is 41.7 Å². The Morgan fingerprint density at radius 1 is 1.28 bits per heavy atom. The van der Waals surface area contributed by atoms with Gasteiger partial charge in [0, 0.05) is 24.7 Å². The molecule has 94 valence electrons. The maximum Gasteiger partial charge on any atom is 0.137 e. The highest BCUT2D eigenvalue weighted by Gasteiger charge is 2.23. The molecule has 0 atom stereocenters. The Labute approximate surface area is 106 Å². The average molecular weight is 243 g/mol. The van der Waals surface area contributed by atoms with Gasteiger partial charge in [0.05, 0.1) is 0 Å². The minimum absolute atomic E-state index is 0.188. The molecule has 1 aliphatic rings. The first-order chi connectivity index (χ1) is 8.86. The van der Waals surface area contributed by atoms with Gasteiger partial charge in [-0.05, 0) is 36.8 Å². The molecule has 1 aromatic carbocycles. The third-order valence-electron chi connectivity index (χ3n) is 3.37. The normalized spacial score (nSPS) is 14.9. The first kappa shape index (κ1) is 11.5. The van der Waals surface area contributed by atoms with E-state index in [0.717, 1.165) is 35.8 Å². The maximum absolute atomic E-state index is 8.79. The number of aliphatic hydroxyl groups is 1. The zero-order valence-corrected chi connectivity index (χ0v) is 10.3. The topological polar surface area (TPSA) is 46.3 Å². The summed E-state index contributed by atoms with van der Waals surface area (Å²) in [6, 6.07) is 10.5. The van der Waals surface area contributed by atoms with Crippen LogP contribution in [-0.4, -0.2) is 16.9 Å². The number of benzene rings is 1. The fourth-order valence-electron chi connectivity index (χ4n) is 2.19. The zero-order valence-electron chi connectivity index (χ0n) is 10.3. The molecule has 3 nitrogen and oxygen atoms in total. The molecule has 1 aromatic heterocycles. The van der Waals surface area contributed by atoms with Crippen LogP contribution in [0.15, 0.2) is 34.9 Å². The van der Waals surface area contributed by atoms with Crippen molar-refractivity contribution in [2.24, 2.45) is 0 Å². The Morgan fingerprint density at radius 3 is 2.94 bits per heavy atom. The largest absolute Gasteiger partial charge is 0.396 e. The van der Waals surface area contributed by atoms with Crippen molar-refractivity contribution < 1.29 is 9.63 Å². The molecule has 1 aliphatic carbocycles. The van der Waals surface area contributed by atoms with E-state index in [1.54, 1.807) is 0 Å². The summed E-state index contributed by atoms with van der Waals surface area (Å²) >= 11 is 0. The van der Waals surface area contributed by atoms with E-state index in [0.29, 0.717) is 0 Å². The van der Waals surface area contributed by atoms with Crippen LogP contribution in [0.2, 0.25) is 0 Å². The van der Waals surface area contributed by atoms with E-state index < -0.39 is 0 Å². The Hall–Kier alpha value is -1.61. The van der Waals surface area contributed by atoms with Crippen LogP contribution in [0.1, 0.15) is 36.5 Å². The molecule has 1 N–H and O–H groups in total. The molecule has 1 heterocycles. The van der Waals surface area contributed by atoms with Crippen LogP contribution in [0.5, 0.6) is 0 Å². The van der Waals surface area contributed by atoms with Crippen LogP contribution in [0.3, 0.4) is 0 Å². The summed E-state index contributed by atoms with van der Waals surface area (Å²) in [5.74, 6) is 1.60. The molecule has 0 amide bonds. The van der Waals surface area contributed by atoms with Crippen LogP contribution in [0.25, 0.3) is 11.3 Å². The molecule has 2 aromatic rings. The number of aliphatic hydroxyl groups excluding tert-OH is 1. The molecule has 3 heteroatoms. The van der Waals surface area contributed by atoms with Crippen molar-refractivity contribution in [2.45, 2.75) is 31.6 Å². The van der Waals surface area contributed by atoms with Gasteiger partial charge < -0.3 is 9.63 Å². The lowest BCUT2D eigenvalue weighted by atomic mass is 10.0. The van der Waals surface area contributed by atoms with E-state index in [-0.39, 0.29) is 6.61 Å². The lowest BCUT2D eigenvalue weighted by Crippen LogP contribution is -1.86. The maximum atomic E-state index is 8.79. The van der Waals surface area contributed by atoms with Gasteiger partial charge in [0.2, 0.25) is 0 Å². The molecule has 0 aliphatic heterocycles. The molecule has 1 saturated carbocycles. The molecular weight excluding hydrogens is 226 g/mol. The van der Waals surface area contributed by atoms with E-state index in [2.05, 4.69) is 29.4 Å². The van der Waals surface area contributed by atoms with E-state index in [1.807, 2.05) is 6.07 Å². The van der Waals surface area contributed by atoms with Gasteiger partial charge in [-0.25, -0.2) is 0 Å². The Bertz CT molecular complexity index is 529. The van der Waals surface area contributed by atoms with Crippen LogP contribution in [0, 0.1) is 0 Å². The summed E-state index contributed by atoms with van der Waals surface area (Å²) in [5, 5.41) is 12.9. The number of aryl methyl sites for hydroxylation is 1. The van der Waals surface area contributed by atoms with Crippen LogP contribution >= 0.6 is 0 Å². The summed E-state index contributed by atoms with van der Waals surface area (Å²) in [7, 11) is 0. The third-order valence-corrected chi connectivity index (χ3v) is 3.37. The highest BCUT2D eigenvalue weighted by Crippen LogP contribution is 2.41. The van der Waals surface area contributed by atoms with Gasteiger partial charge in [0.25, 0.3) is 0 Å². The summed E-state index contributed by atoms with van der Waals surface area (Å²) in [6.07, 6.45) is 4.08. The van der Waals surface area contributed by atoms with Crippen LogP contribution in [-0.2, 0) is 6.42 Å². The Kier molecular flexibility index (Phi) is 3.15. The van der Waals surface area contributed by atoms with Crippen molar-refractivity contribution in [1.29, 1.82) is 0 Å². The number of hydrogen-bond acceptors (Lipinski definition) is 3. The number of aromatic nitrogens is 1. The van der Waals surface area contributed by atoms with Gasteiger partial charge in [-0.2, -0.15) is 0 Å². The van der Waals surface area contributed by atoms with E-state index in [4.69, 9.17) is 9.63 Å². The fourth-order valence-corrected chi connectivity index (χ4v) is 2.19. The number of rotatable bonds is 5. The standard InChI is InChI=1S/C15H17NO2/c17-8-2-5-14-10-15(16-18-14)13-4-1-3-12(9-13)11-6-7-11/h1,3-4,9-11,17H,2,5-8H2. The smallest absolute Gasteiger partial charge is 0.137 e. The van der Waals surface area contributed by atoms with Gasteiger partial charge in [-0.15, -0.1) is 0 Å². The second kappa shape index (κ2) is 4.94. The minimum atomic E-state index is 0.188. The van der Waals surface area contributed by atoms with Gasteiger partial charge in [-0.3, -0.25) is 0 Å².